The van der Waals surface area contributed by atoms with Gasteiger partial charge >= 0.3 is 0 Å². The monoisotopic (exact) mass is 468 g/mol. The number of rotatable bonds is 6. The highest BCUT2D eigenvalue weighted by Gasteiger charge is 2.27. The van der Waals surface area contributed by atoms with E-state index in [1.54, 1.807) is 7.05 Å². The van der Waals surface area contributed by atoms with Crippen molar-refractivity contribution in [3.05, 3.63) is 46.5 Å². The third-order valence-electron chi connectivity index (χ3n) is 5.83. The van der Waals surface area contributed by atoms with Crippen molar-refractivity contribution in [1.29, 1.82) is 0 Å². The highest BCUT2D eigenvalue weighted by atomic mass is 32.1. The molecule has 1 fully saturated rings. The van der Waals surface area contributed by atoms with Crippen LogP contribution in [0.3, 0.4) is 0 Å². The molecule has 33 heavy (non-hydrogen) atoms. The summed E-state index contributed by atoms with van der Waals surface area (Å²) in [6.45, 7) is 5.38. The predicted molar refractivity (Wildman–Crippen MR) is 130 cm³/mol. The quantitative estimate of drug-likeness (QED) is 0.576. The van der Waals surface area contributed by atoms with Crippen LogP contribution in [0.25, 0.3) is 10.3 Å². The van der Waals surface area contributed by atoms with Crippen LogP contribution in [-0.4, -0.2) is 46.5 Å². The smallest absolute Gasteiger partial charge is 0.273 e. The molecule has 2 N–H and O–H groups in total. The lowest BCUT2D eigenvalue weighted by Crippen LogP contribution is -2.42. The average molecular weight is 469 g/mol. The number of nitrogens with one attached hydrogen (secondary N) is 2. The minimum Gasteiger partial charge on any atom is -0.359 e. The molecule has 2 amide bonds. The Labute approximate surface area is 195 Å². The lowest BCUT2D eigenvalue weighted by molar-refractivity contribution is -0.124. The number of carbonyl (C=O) groups is 2. The van der Waals surface area contributed by atoms with Crippen LogP contribution in [0.2, 0.25) is 0 Å². The van der Waals surface area contributed by atoms with Gasteiger partial charge in [0.05, 0.1) is 5.92 Å². The summed E-state index contributed by atoms with van der Waals surface area (Å²) in [5, 5.41) is 6.24. The zero-order valence-corrected chi connectivity index (χ0v) is 19.8. The maximum Gasteiger partial charge on any atom is 0.273 e. The fourth-order valence-electron chi connectivity index (χ4n) is 3.98. The summed E-state index contributed by atoms with van der Waals surface area (Å²) in [5.41, 5.74) is 1.89. The first-order chi connectivity index (χ1) is 15.9. The predicted octanol–water partition coefficient (Wildman–Crippen LogP) is 2.58. The summed E-state index contributed by atoms with van der Waals surface area (Å²) in [4.78, 5) is 48.5. The molecule has 0 unspecified atom stereocenters. The van der Waals surface area contributed by atoms with Gasteiger partial charge in [-0.2, -0.15) is 4.98 Å². The van der Waals surface area contributed by atoms with Gasteiger partial charge in [-0.05, 0) is 36.5 Å². The third-order valence-corrected chi connectivity index (χ3v) is 6.93. The molecule has 1 saturated heterocycles. The Balaban J connectivity index is 1.50. The van der Waals surface area contributed by atoms with Gasteiger partial charge in [0.2, 0.25) is 11.8 Å². The summed E-state index contributed by atoms with van der Waals surface area (Å²) in [7, 11) is 1.64. The molecule has 1 aliphatic rings. The molecule has 1 atom stereocenters. The zero-order valence-electron chi connectivity index (χ0n) is 19.0. The largest absolute Gasteiger partial charge is 0.359 e. The molecule has 0 aliphatic carbocycles. The normalized spacial score (nSPS) is 16.2. The second-order valence-electron chi connectivity index (χ2n) is 8.55. The van der Waals surface area contributed by atoms with Crippen molar-refractivity contribution in [2.45, 2.75) is 39.2 Å². The van der Waals surface area contributed by atoms with E-state index in [1.807, 2.05) is 29.2 Å². The van der Waals surface area contributed by atoms with Crippen molar-refractivity contribution in [3.8, 4) is 0 Å². The van der Waals surface area contributed by atoms with Crippen LogP contribution in [0.5, 0.6) is 0 Å². The number of piperidine rings is 1. The molecule has 1 aromatic carbocycles. The molecule has 0 spiro atoms. The maximum atomic E-state index is 13.0. The first-order valence-corrected chi connectivity index (χ1v) is 11.9. The van der Waals surface area contributed by atoms with E-state index < -0.39 is 0 Å². The van der Waals surface area contributed by atoms with Crippen molar-refractivity contribution in [3.63, 3.8) is 0 Å². The zero-order chi connectivity index (χ0) is 23.5. The van der Waals surface area contributed by atoms with Crippen LogP contribution in [0.15, 0.2) is 35.4 Å². The van der Waals surface area contributed by atoms with Gasteiger partial charge in [0.15, 0.2) is 10.8 Å². The first kappa shape index (κ1) is 22.9. The van der Waals surface area contributed by atoms with Crippen molar-refractivity contribution in [2.24, 2.45) is 5.92 Å². The van der Waals surface area contributed by atoms with Crippen LogP contribution < -0.4 is 21.1 Å². The summed E-state index contributed by atoms with van der Waals surface area (Å²) < 4.78 is 1.71. The second kappa shape index (κ2) is 9.70. The number of anilines is 2. The highest BCUT2D eigenvalue weighted by molar-refractivity contribution is 7.22. The lowest BCUT2D eigenvalue weighted by Gasteiger charge is -2.31. The summed E-state index contributed by atoms with van der Waals surface area (Å²) in [6.07, 6.45) is 3.08. The molecule has 1 aliphatic heterocycles. The summed E-state index contributed by atoms with van der Waals surface area (Å²) in [5.74, 6) is -0.0269. The van der Waals surface area contributed by atoms with E-state index in [0.29, 0.717) is 33.6 Å². The van der Waals surface area contributed by atoms with Crippen LogP contribution in [0, 0.1) is 5.92 Å². The summed E-state index contributed by atoms with van der Waals surface area (Å²) in [6, 6.07) is 7.68. The number of carbonyl (C=O) groups excluding carboxylic acids is 2. The van der Waals surface area contributed by atoms with Gasteiger partial charge in [0.25, 0.3) is 5.56 Å². The van der Waals surface area contributed by atoms with E-state index in [1.165, 1.54) is 22.2 Å². The third kappa shape index (κ3) is 5.05. The topological polar surface area (TPSA) is 109 Å². The molecule has 9 nitrogen and oxygen atoms in total. The Morgan fingerprint density at radius 3 is 2.88 bits per heavy atom. The van der Waals surface area contributed by atoms with Gasteiger partial charge in [-0.25, -0.2) is 4.98 Å². The number of hydrogen-bond acceptors (Lipinski definition) is 7. The van der Waals surface area contributed by atoms with Crippen LogP contribution >= 0.6 is 11.3 Å². The number of thiazole rings is 1. The van der Waals surface area contributed by atoms with E-state index in [0.717, 1.165) is 24.9 Å². The summed E-state index contributed by atoms with van der Waals surface area (Å²) >= 11 is 1.26. The van der Waals surface area contributed by atoms with Gasteiger partial charge in [0, 0.05) is 25.8 Å². The Hall–Kier alpha value is -3.27. The Morgan fingerprint density at radius 1 is 1.30 bits per heavy atom. The van der Waals surface area contributed by atoms with Crippen molar-refractivity contribution >= 4 is 44.3 Å². The van der Waals surface area contributed by atoms with Crippen molar-refractivity contribution in [1.82, 2.24) is 19.9 Å². The molecule has 0 radical (unpaired) electrons. The molecular formula is C23H28N6O3S. The molecule has 10 heteroatoms. The second-order valence-corrected chi connectivity index (χ2v) is 9.53. The minimum absolute atomic E-state index is 0.0197. The van der Waals surface area contributed by atoms with Crippen molar-refractivity contribution in [2.75, 3.05) is 30.4 Å². The molecule has 3 aromatic rings. The Morgan fingerprint density at radius 2 is 2.12 bits per heavy atom. The fourth-order valence-corrected chi connectivity index (χ4v) is 4.99. The lowest BCUT2D eigenvalue weighted by atomic mass is 9.98. The van der Waals surface area contributed by atoms with Gasteiger partial charge in [-0.15, -0.1) is 0 Å². The fraction of sp³-hybridized carbons (Fsp3) is 0.435. The van der Waals surface area contributed by atoms with E-state index >= 15 is 0 Å². The molecule has 4 rings (SSSR count). The Kier molecular flexibility index (Phi) is 6.73. The molecule has 2 aromatic heterocycles. The SMILES string of the molecule is CNC(=O)[C@@H]1CCCN(c2nc3ncn(CC(=O)Nc4cccc(C(C)C)c4)c(=O)c3s2)C1. The van der Waals surface area contributed by atoms with Crippen LogP contribution in [-0.2, 0) is 16.1 Å². The van der Waals surface area contributed by atoms with Crippen molar-refractivity contribution < 1.29 is 9.59 Å². The van der Waals surface area contributed by atoms with E-state index in [4.69, 9.17) is 0 Å². The average Bonchev–Trinajstić information content (AvgIpc) is 3.26. The van der Waals surface area contributed by atoms with Gasteiger partial charge in [0.1, 0.15) is 17.6 Å². The molecule has 0 saturated carbocycles. The first-order valence-electron chi connectivity index (χ1n) is 11.1. The molecule has 0 bridgehead atoms. The number of hydrogen-bond donors (Lipinski definition) is 2. The van der Waals surface area contributed by atoms with Gasteiger partial charge < -0.3 is 15.5 Å². The number of amides is 2. The Bertz CT molecular complexity index is 1230. The minimum atomic E-state index is -0.298. The molecular weight excluding hydrogens is 440 g/mol. The number of nitrogens with zero attached hydrogens (tertiary/aromatic N) is 4. The standard InChI is InChI=1S/C23H28N6O3S/c1-14(2)15-6-4-8-17(10-15)26-18(30)12-29-13-25-20-19(22(29)32)33-23(27-20)28-9-5-7-16(11-28)21(31)24-3/h4,6,8,10,13-14,16H,5,7,9,11-12H2,1-3H3,(H,24,31)(H,26,30)/t16-/m1/s1. The number of aromatic nitrogens is 3. The van der Waals surface area contributed by atoms with Crippen LogP contribution in [0.4, 0.5) is 10.8 Å². The van der Waals surface area contributed by atoms with Gasteiger partial charge in [-0.1, -0.05) is 37.3 Å². The van der Waals surface area contributed by atoms with E-state index in [2.05, 4.69) is 34.4 Å². The highest BCUT2D eigenvalue weighted by Crippen LogP contribution is 2.29. The maximum absolute atomic E-state index is 13.0. The van der Waals surface area contributed by atoms with E-state index in [9.17, 15) is 14.4 Å². The van der Waals surface area contributed by atoms with Gasteiger partial charge in [-0.3, -0.25) is 19.0 Å². The van der Waals surface area contributed by atoms with E-state index in [-0.39, 0.29) is 29.8 Å². The van der Waals surface area contributed by atoms with Crippen LogP contribution in [0.1, 0.15) is 38.2 Å². The number of fused-ring (bicyclic) bond motifs is 1. The molecule has 3 heterocycles. The molecule has 174 valence electrons. The number of benzene rings is 1.